The van der Waals surface area contributed by atoms with Gasteiger partial charge in [0.2, 0.25) is 5.91 Å². The zero-order valence-electron chi connectivity index (χ0n) is 17.2. The second kappa shape index (κ2) is 8.86. The molecule has 6 heteroatoms. The van der Waals surface area contributed by atoms with Gasteiger partial charge in [0, 0.05) is 24.8 Å². The van der Waals surface area contributed by atoms with Crippen molar-refractivity contribution in [2.75, 3.05) is 25.0 Å². The Bertz CT molecular complexity index is 1080. The quantitative estimate of drug-likeness (QED) is 0.640. The molecule has 154 valence electrons. The first-order valence-corrected chi connectivity index (χ1v) is 10.5. The SMILES string of the molecule is Cc1ccc(-n2cc(C3=CCN(CC(=O)Nc4ccc(C)cc4Cl)CC3)cn2)cc1. The monoisotopic (exact) mass is 420 g/mol. The lowest BCUT2D eigenvalue weighted by Crippen LogP contribution is -2.36. The summed E-state index contributed by atoms with van der Waals surface area (Å²) in [6.07, 6.45) is 7.05. The Morgan fingerprint density at radius 3 is 2.60 bits per heavy atom. The molecule has 0 atom stereocenters. The topological polar surface area (TPSA) is 50.2 Å². The smallest absolute Gasteiger partial charge is 0.238 e. The second-order valence-electron chi connectivity index (χ2n) is 7.76. The Kier molecular flexibility index (Phi) is 6.02. The van der Waals surface area contributed by atoms with E-state index < -0.39 is 0 Å². The summed E-state index contributed by atoms with van der Waals surface area (Å²) in [5.41, 5.74) is 6.41. The van der Waals surface area contributed by atoms with Crippen molar-refractivity contribution in [3.8, 4) is 5.69 Å². The Labute approximate surface area is 182 Å². The number of benzene rings is 2. The van der Waals surface area contributed by atoms with Crippen molar-refractivity contribution >= 4 is 28.8 Å². The molecule has 1 N–H and O–H groups in total. The number of halogens is 1. The van der Waals surface area contributed by atoms with E-state index in [2.05, 4.69) is 58.8 Å². The van der Waals surface area contributed by atoms with Crippen LogP contribution in [0.4, 0.5) is 5.69 Å². The van der Waals surface area contributed by atoms with Crippen LogP contribution >= 0.6 is 11.6 Å². The molecule has 2 heterocycles. The van der Waals surface area contributed by atoms with Gasteiger partial charge in [-0.05, 0) is 55.7 Å². The number of carbonyl (C=O) groups is 1. The van der Waals surface area contributed by atoms with Crippen molar-refractivity contribution in [3.05, 3.63) is 82.6 Å². The van der Waals surface area contributed by atoms with Crippen molar-refractivity contribution in [1.82, 2.24) is 14.7 Å². The van der Waals surface area contributed by atoms with E-state index in [4.69, 9.17) is 11.6 Å². The summed E-state index contributed by atoms with van der Waals surface area (Å²) >= 11 is 6.21. The van der Waals surface area contributed by atoms with E-state index in [9.17, 15) is 4.79 Å². The minimum absolute atomic E-state index is 0.0511. The van der Waals surface area contributed by atoms with Gasteiger partial charge in [0.1, 0.15) is 0 Å². The summed E-state index contributed by atoms with van der Waals surface area (Å²) in [4.78, 5) is 14.5. The summed E-state index contributed by atoms with van der Waals surface area (Å²) in [6, 6.07) is 13.9. The zero-order valence-corrected chi connectivity index (χ0v) is 18.0. The Hall–Kier alpha value is -2.89. The predicted octanol–water partition coefficient (Wildman–Crippen LogP) is 4.87. The van der Waals surface area contributed by atoms with Gasteiger partial charge in [-0.3, -0.25) is 9.69 Å². The van der Waals surface area contributed by atoms with Gasteiger partial charge in [-0.15, -0.1) is 0 Å². The Morgan fingerprint density at radius 2 is 1.90 bits per heavy atom. The molecule has 1 aromatic heterocycles. The number of hydrogen-bond acceptors (Lipinski definition) is 3. The summed E-state index contributed by atoms with van der Waals surface area (Å²) in [5, 5.41) is 7.98. The van der Waals surface area contributed by atoms with Gasteiger partial charge < -0.3 is 5.32 Å². The fraction of sp³-hybridized carbons (Fsp3) is 0.250. The van der Waals surface area contributed by atoms with Gasteiger partial charge in [-0.25, -0.2) is 4.68 Å². The molecule has 0 spiro atoms. The van der Waals surface area contributed by atoms with Gasteiger partial charge in [0.05, 0.1) is 29.1 Å². The number of aryl methyl sites for hydroxylation is 2. The number of carbonyl (C=O) groups excluding carboxylic acids is 1. The fourth-order valence-electron chi connectivity index (χ4n) is 3.56. The molecule has 1 amide bonds. The largest absolute Gasteiger partial charge is 0.324 e. The molecule has 0 unspecified atom stereocenters. The highest BCUT2D eigenvalue weighted by Crippen LogP contribution is 2.24. The van der Waals surface area contributed by atoms with Crippen molar-refractivity contribution in [3.63, 3.8) is 0 Å². The lowest BCUT2D eigenvalue weighted by atomic mass is 10.0. The molecule has 2 aromatic carbocycles. The number of anilines is 1. The van der Waals surface area contributed by atoms with E-state index in [-0.39, 0.29) is 5.91 Å². The van der Waals surface area contributed by atoms with Crippen LogP contribution in [0, 0.1) is 13.8 Å². The number of hydrogen-bond donors (Lipinski definition) is 1. The number of nitrogens with one attached hydrogen (secondary N) is 1. The van der Waals surface area contributed by atoms with Crippen LogP contribution in [-0.2, 0) is 4.79 Å². The first-order chi connectivity index (χ1) is 14.5. The van der Waals surface area contributed by atoms with Crippen LogP contribution < -0.4 is 5.32 Å². The van der Waals surface area contributed by atoms with E-state index in [1.165, 1.54) is 11.1 Å². The normalized spacial score (nSPS) is 14.4. The Balaban J connectivity index is 1.35. The number of aromatic nitrogens is 2. The third kappa shape index (κ3) is 4.81. The molecule has 4 rings (SSSR count). The summed E-state index contributed by atoms with van der Waals surface area (Å²) in [5.74, 6) is -0.0511. The van der Waals surface area contributed by atoms with E-state index >= 15 is 0 Å². The average Bonchev–Trinajstić information content (AvgIpc) is 3.21. The van der Waals surface area contributed by atoms with Crippen LogP contribution in [0.2, 0.25) is 5.02 Å². The molecule has 0 saturated carbocycles. The van der Waals surface area contributed by atoms with Gasteiger partial charge in [0.25, 0.3) is 0 Å². The standard InChI is InChI=1S/C24H25ClN4O/c1-17-3-6-21(7-4-17)29-15-20(14-26-29)19-9-11-28(12-10-19)16-24(30)27-23-8-5-18(2)13-22(23)25/h3-9,13-15H,10-12,16H2,1-2H3,(H,27,30). The molecule has 5 nitrogen and oxygen atoms in total. The van der Waals surface area contributed by atoms with Crippen LogP contribution in [0.5, 0.6) is 0 Å². The molecule has 1 aliphatic rings. The third-order valence-corrected chi connectivity index (χ3v) is 5.62. The highest BCUT2D eigenvalue weighted by atomic mass is 35.5. The van der Waals surface area contributed by atoms with Crippen LogP contribution in [-0.4, -0.2) is 40.2 Å². The summed E-state index contributed by atoms with van der Waals surface area (Å²) in [7, 11) is 0. The van der Waals surface area contributed by atoms with E-state index in [1.807, 2.05) is 36.0 Å². The zero-order chi connectivity index (χ0) is 21.1. The lowest BCUT2D eigenvalue weighted by Gasteiger charge is -2.25. The van der Waals surface area contributed by atoms with Crippen LogP contribution in [0.15, 0.2) is 60.9 Å². The Morgan fingerprint density at radius 1 is 1.13 bits per heavy atom. The van der Waals surface area contributed by atoms with Gasteiger partial charge in [0.15, 0.2) is 0 Å². The van der Waals surface area contributed by atoms with E-state index in [0.717, 1.165) is 36.3 Å². The van der Waals surface area contributed by atoms with Crippen molar-refractivity contribution in [1.29, 1.82) is 0 Å². The fourth-order valence-corrected chi connectivity index (χ4v) is 3.84. The second-order valence-corrected chi connectivity index (χ2v) is 8.16. The molecule has 0 fully saturated rings. The van der Waals surface area contributed by atoms with Crippen molar-refractivity contribution < 1.29 is 4.79 Å². The predicted molar refractivity (Wildman–Crippen MR) is 122 cm³/mol. The van der Waals surface area contributed by atoms with Crippen molar-refractivity contribution in [2.45, 2.75) is 20.3 Å². The first-order valence-electron chi connectivity index (χ1n) is 10.1. The minimum atomic E-state index is -0.0511. The molecule has 30 heavy (non-hydrogen) atoms. The molecular weight excluding hydrogens is 396 g/mol. The molecule has 0 aliphatic carbocycles. The van der Waals surface area contributed by atoms with Crippen molar-refractivity contribution in [2.24, 2.45) is 0 Å². The number of amides is 1. The molecule has 0 radical (unpaired) electrons. The minimum Gasteiger partial charge on any atom is -0.324 e. The van der Waals surface area contributed by atoms with Crippen LogP contribution in [0.3, 0.4) is 0 Å². The molecule has 1 aliphatic heterocycles. The van der Waals surface area contributed by atoms with E-state index in [0.29, 0.717) is 17.3 Å². The number of rotatable bonds is 5. The molecule has 0 bridgehead atoms. The molecular formula is C24H25ClN4O. The van der Waals surface area contributed by atoms with Gasteiger partial charge >= 0.3 is 0 Å². The third-order valence-electron chi connectivity index (χ3n) is 5.31. The van der Waals surface area contributed by atoms with Crippen LogP contribution in [0.1, 0.15) is 23.1 Å². The molecule has 0 saturated heterocycles. The highest BCUT2D eigenvalue weighted by molar-refractivity contribution is 6.33. The molecule has 3 aromatic rings. The van der Waals surface area contributed by atoms with Gasteiger partial charge in [-0.1, -0.05) is 41.4 Å². The highest BCUT2D eigenvalue weighted by Gasteiger charge is 2.17. The first kappa shape index (κ1) is 20.4. The van der Waals surface area contributed by atoms with Crippen LogP contribution in [0.25, 0.3) is 11.3 Å². The van der Waals surface area contributed by atoms with E-state index in [1.54, 1.807) is 0 Å². The maximum absolute atomic E-state index is 12.4. The lowest BCUT2D eigenvalue weighted by molar-refractivity contribution is -0.117. The average molecular weight is 421 g/mol. The number of nitrogens with zero attached hydrogens (tertiary/aromatic N) is 3. The maximum Gasteiger partial charge on any atom is 0.238 e. The summed E-state index contributed by atoms with van der Waals surface area (Å²) in [6.45, 7) is 5.96. The maximum atomic E-state index is 12.4. The van der Waals surface area contributed by atoms with Gasteiger partial charge in [-0.2, -0.15) is 5.10 Å². The summed E-state index contributed by atoms with van der Waals surface area (Å²) < 4.78 is 1.90.